The third-order valence-corrected chi connectivity index (χ3v) is 4.72. The first-order chi connectivity index (χ1) is 14.1. The Kier molecular flexibility index (Phi) is 4.83. The van der Waals surface area contributed by atoms with E-state index in [0.717, 1.165) is 11.1 Å². The van der Waals surface area contributed by atoms with Crippen molar-refractivity contribution < 1.29 is 19.4 Å². The number of esters is 1. The fourth-order valence-electron chi connectivity index (χ4n) is 3.31. The predicted molar refractivity (Wildman–Crippen MR) is 109 cm³/mol. The van der Waals surface area contributed by atoms with Crippen molar-refractivity contribution in [2.75, 3.05) is 7.11 Å². The summed E-state index contributed by atoms with van der Waals surface area (Å²) in [7, 11) is 1.34. The number of carbonyl (C=O) groups excluding carboxylic acids is 1. The minimum absolute atomic E-state index is 0.191. The Labute approximate surface area is 167 Å². The number of nitrogens with zero attached hydrogens (tertiary/aromatic N) is 2. The van der Waals surface area contributed by atoms with Crippen LogP contribution in [-0.2, 0) is 11.3 Å². The summed E-state index contributed by atoms with van der Waals surface area (Å²) in [6, 6.07) is 21.8. The van der Waals surface area contributed by atoms with E-state index in [1.165, 1.54) is 7.11 Å². The van der Waals surface area contributed by atoms with E-state index in [0.29, 0.717) is 29.0 Å². The zero-order chi connectivity index (χ0) is 20.4. The van der Waals surface area contributed by atoms with Crippen LogP contribution in [0.25, 0.3) is 22.4 Å². The minimum Gasteiger partial charge on any atom is -0.478 e. The second kappa shape index (κ2) is 7.59. The summed E-state index contributed by atoms with van der Waals surface area (Å²) in [5, 5.41) is 9.35. The lowest BCUT2D eigenvalue weighted by Gasteiger charge is -2.10. The molecule has 1 N–H and O–H groups in total. The van der Waals surface area contributed by atoms with Crippen molar-refractivity contribution in [3.63, 3.8) is 0 Å². The summed E-state index contributed by atoms with van der Waals surface area (Å²) in [6.45, 7) is 0.557. The summed E-state index contributed by atoms with van der Waals surface area (Å²) in [5.74, 6) is -0.793. The smallest absolute Gasteiger partial charge is 0.337 e. The van der Waals surface area contributed by atoms with Gasteiger partial charge in [0, 0.05) is 12.1 Å². The molecule has 0 aliphatic rings. The van der Waals surface area contributed by atoms with Crippen LogP contribution in [0.3, 0.4) is 0 Å². The Morgan fingerprint density at radius 1 is 0.966 bits per heavy atom. The number of benzene rings is 3. The van der Waals surface area contributed by atoms with Crippen LogP contribution in [-0.4, -0.2) is 33.7 Å². The number of fused-ring (bicyclic) bond motifs is 1. The molecule has 3 aromatic carbocycles. The number of ether oxygens (including phenoxy) is 1. The van der Waals surface area contributed by atoms with Crippen LogP contribution in [0.1, 0.15) is 26.3 Å². The maximum absolute atomic E-state index is 11.9. The van der Waals surface area contributed by atoms with Crippen LogP contribution in [0.5, 0.6) is 0 Å². The van der Waals surface area contributed by atoms with Crippen LogP contribution in [0.15, 0.2) is 72.8 Å². The minimum atomic E-state index is -0.995. The van der Waals surface area contributed by atoms with Crippen LogP contribution >= 0.6 is 0 Å². The number of hydrogen-bond donors (Lipinski definition) is 1. The van der Waals surface area contributed by atoms with E-state index in [1.54, 1.807) is 30.3 Å². The fraction of sp³-hybridized carbons (Fsp3) is 0.0870. The second-order valence-corrected chi connectivity index (χ2v) is 6.59. The number of carbonyl (C=O) groups is 2. The maximum Gasteiger partial charge on any atom is 0.337 e. The number of methoxy groups -OCH3 is 1. The molecular weight excluding hydrogens is 368 g/mol. The van der Waals surface area contributed by atoms with Gasteiger partial charge in [0.1, 0.15) is 5.82 Å². The van der Waals surface area contributed by atoms with E-state index in [-0.39, 0.29) is 5.56 Å². The van der Waals surface area contributed by atoms with Gasteiger partial charge in [-0.1, -0.05) is 42.5 Å². The van der Waals surface area contributed by atoms with E-state index in [4.69, 9.17) is 9.72 Å². The molecular formula is C23H18N2O4. The molecule has 6 nitrogen and oxygen atoms in total. The summed E-state index contributed by atoms with van der Waals surface area (Å²) in [6.07, 6.45) is 0. The normalized spacial score (nSPS) is 10.8. The zero-order valence-corrected chi connectivity index (χ0v) is 15.7. The Morgan fingerprint density at radius 3 is 2.48 bits per heavy atom. The molecule has 0 unspecified atom stereocenters. The number of imidazole rings is 1. The molecule has 4 aromatic rings. The van der Waals surface area contributed by atoms with Crippen molar-refractivity contribution in [1.82, 2.24) is 9.55 Å². The van der Waals surface area contributed by atoms with Crippen molar-refractivity contribution in [2.45, 2.75) is 6.54 Å². The van der Waals surface area contributed by atoms with Gasteiger partial charge in [0.2, 0.25) is 0 Å². The number of rotatable bonds is 5. The van der Waals surface area contributed by atoms with Crippen molar-refractivity contribution in [3.8, 4) is 11.4 Å². The molecule has 0 radical (unpaired) electrons. The van der Waals surface area contributed by atoms with E-state index < -0.39 is 11.9 Å². The van der Waals surface area contributed by atoms with Crippen molar-refractivity contribution in [1.29, 1.82) is 0 Å². The molecule has 29 heavy (non-hydrogen) atoms. The van der Waals surface area contributed by atoms with Crippen LogP contribution in [0.2, 0.25) is 0 Å². The molecule has 1 aromatic heterocycles. The molecule has 0 spiro atoms. The van der Waals surface area contributed by atoms with Gasteiger partial charge in [-0.3, -0.25) is 0 Å². The van der Waals surface area contributed by atoms with E-state index >= 15 is 0 Å². The van der Waals surface area contributed by atoms with E-state index in [1.807, 2.05) is 47.0 Å². The van der Waals surface area contributed by atoms with Crippen LogP contribution < -0.4 is 0 Å². The fourth-order valence-corrected chi connectivity index (χ4v) is 3.31. The molecule has 0 aliphatic carbocycles. The molecule has 0 saturated carbocycles. The topological polar surface area (TPSA) is 81.4 Å². The number of carboxylic acid groups (broad SMARTS) is 1. The van der Waals surface area contributed by atoms with Gasteiger partial charge in [0.15, 0.2) is 0 Å². The molecule has 6 heteroatoms. The van der Waals surface area contributed by atoms with Gasteiger partial charge in [-0.25, -0.2) is 14.6 Å². The van der Waals surface area contributed by atoms with E-state index in [2.05, 4.69) is 0 Å². The lowest BCUT2D eigenvalue weighted by molar-refractivity contribution is 0.0600. The van der Waals surface area contributed by atoms with Crippen LogP contribution in [0.4, 0.5) is 0 Å². The predicted octanol–water partition coefficient (Wildman–Crippen LogP) is 4.24. The Hall–Kier alpha value is -3.93. The molecule has 0 saturated heterocycles. The SMILES string of the molecule is COC(=O)c1ccc2c(c1)nc(-c1cccc(C(=O)O)c1)n2Cc1ccccc1. The molecule has 0 atom stereocenters. The first kappa shape index (κ1) is 18.4. The maximum atomic E-state index is 11.9. The molecule has 1 heterocycles. The van der Waals surface area contributed by atoms with Crippen molar-refractivity contribution in [3.05, 3.63) is 89.5 Å². The Bertz CT molecular complexity index is 1210. The average molecular weight is 386 g/mol. The number of aromatic nitrogens is 2. The van der Waals surface area contributed by atoms with Crippen molar-refractivity contribution in [2.24, 2.45) is 0 Å². The number of aromatic carboxylic acids is 1. The highest BCUT2D eigenvalue weighted by Crippen LogP contribution is 2.27. The quantitative estimate of drug-likeness (QED) is 0.519. The van der Waals surface area contributed by atoms with Gasteiger partial charge in [0.25, 0.3) is 0 Å². The lowest BCUT2D eigenvalue weighted by atomic mass is 10.1. The zero-order valence-electron chi connectivity index (χ0n) is 15.7. The molecule has 4 rings (SSSR count). The summed E-state index contributed by atoms with van der Waals surface area (Å²) >= 11 is 0. The third-order valence-electron chi connectivity index (χ3n) is 4.72. The van der Waals surface area contributed by atoms with E-state index in [9.17, 15) is 14.7 Å². The molecule has 0 bridgehead atoms. The van der Waals surface area contributed by atoms with Crippen LogP contribution in [0, 0.1) is 0 Å². The monoisotopic (exact) mass is 386 g/mol. The van der Waals surface area contributed by atoms with Gasteiger partial charge in [-0.05, 0) is 35.9 Å². The van der Waals surface area contributed by atoms with Gasteiger partial charge >= 0.3 is 11.9 Å². The molecule has 144 valence electrons. The van der Waals surface area contributed by atoms with Gasteiger partial charge in [-0.2, -0.15) is 0 Å². The highest BCUT2D eigenvalue weighted by molar-refractivity contribution is 5.95. The average Bonchev–Trinajstić information content (AvgIpc) is 3.11. The molecule has 0 aliphatic heterocycles. The highest BCUT2D eigenvalue weighted by Gasteiger charge is 2.16. The first-order valence-corrected chi connectivity index (χ1v) is 9.03. The van der Waals surface area contributed by atoms with Gasteiger partial charge < -0.3 is 14.4 Å². The summed E-state index contributed by atoms with van der Waals surface area (Å²) in [5.41, 5.74) is 3.86. The highest BCUT2D eigenvalue weighted by atomic mass is 16.5. The summed E-state index contributed by atoms with van der Waals surface area (Å²) < 4.78 is 6.83. The third kappa shape index (κ3) is 3.60. The van der Waals surface area contributed by atoms with Crippen molar-refractivity contribution >= 4 is 23.0 Å². The molecule has 0 amide bonds. The second-order valence-electron chi connectivity index (χ2n) is 6.59. The number of carboxylic acids is 1. The largest absolute Gasteiger partial charge is 0.478 e. The first-order valence-electron chi connectivity index (χ1n) is 9.03. The lowest BCUT2D eigenvalue weighted by Crippen LogP contribution is -2.04. The standard InChI is InChI=1S/C23H18N2O4/c1-29-23(28)18-10-11-20-19(13-18)24-21(16-8-5-9-17(12-16)22(26)27)25(20)14-15-6-3-2-4-7-15/h2-13H,14H2,1H3,(H,26,27). The Morgan fingerprint density at radius 2 is 1.76 bits per heavy atom. The van der Waals surface area contributed by atoms with Gasteiger partial charge in [-0.15, -0.1) is 0 Å². The Balaban J connectivity index is 1.91. The molecule has 0 fully saturated rings. The summed E-state index contributed by atoms with van der Waals surface area (Å²) in [4.78, 5) is 28.0. The number of hydrogen-bond acceptors (Lipinski definition) is 4. The van der Waals surface area contributed by atoms with Gasteiger partial charge in [0.05, 0.1) is 29.3 Å².